The van der Waals surface area contributed by atoms with Gasteiger partial charge in [0.15, 0.2) is 0 Å². The summed E-state index contributed by atoms with van der Waals surface area (Å²) in [6.07, 6.45) is 3.69. The number of benzene rings is 1. The van der Waals surface area contributed by atoms with Crippen LogP contribution in [0.4, 0.5) is 0 Å². The van der Waals surface area contributed by atoms with Gasteiger partial charge in [-0.25, -0.2) is 0 Å². The van der Waals surface area contributed by atoms with E-state index in [9.17, 15) is 4.79 Å². The number of aromatic nitrogens is 2. The molecule has 0 atom stereocenters. The highest BCUT2D eigenvalue weighted by atomic mass is 79.9. The van der Waals surface area contributed by atoms with Gasteiger partial charge in [-0.3, -0.25) is 9.48 Å². The number of hydrogen-bond acceptors (Lipinski definition) is 2. The third-order valence-corrected chi connectivity index (χ3v) is 2.73. The third kappa shape index (κ3) is 3.42. The van der Waals surface area contributed by atoms with E-state index in [0.717, 1.165) is 15.6 Å². The highest BCUT2D eigenvalue weighted by Gasteiger charge is 2.01. The van der Waals surface area contributed by atoms with Crippen LogP contribution in [0, 0.1) is 0 Å². The molecule has 0 amide bonds. The van der Waals surface area contributed by atoms with E-state index in [1.165, 1.54) is 0 Å². The molecule has 2 aromatic rings. The van der Waals surface area contributed by atoms with E-state index in [0.29, 0.717) is 6.54 Å². The quantitative estimate of drug-likeness (QED) is 0.941. The van der Waals surface area contributed by atoms with Gasteiger partial charge in [-0.15, -0.1) is 0 Å². The van der Waals surface area contributed by atoms with Crippen LogP contribution in [-0.4, -0.2) is 20.9 Å². The average molecular weight is 295 g/mol. The largest absolute Gasteiger partial charge is 0.481 e. The van der Waals surface area contributed by atoms with E-state index >= 15 is 0 Å². The van der Waals surface area contributed by atoms with Crippen molar-refractivity contribution in [2.75, 3.05) is 0 Å². The maximum atomic E-state index is 10.5. The fourth-order valence-electron chi connectivity index (χ4n) is 1.55. The minimum atomic E-state index is -0.811. The number of nitrogens with zero attached hydrogens (tertiary/aromatic N) is 2. The molecule has 1 aromatic carbocycles. The van der Waals surface area contributed by atoms with Crippen LogP contribution in [0.15, 0.2) is 41.1 Å². The van der Waals surface area contributed by atoms with Crippen molar-refractivity contribution in [3.63, 3.8) is 0 Å². The predicted molar refractivity (Wildman–Crippen MR) is 66.8 cm³/mol. The van der Waals surface area contributed by atoms with E-state index in [1.807, 2.05) is 35.1 Å². The lowest BCUT2D eigenvalue weighted by atomic mass is 10.1. The Bertz CT molecular complexity index is 520. The van der Waals surface area contributed by atoms with Crippen LogP contribution in [0.2, 0.25) is 0 Å². The Balaban J connectivity index is 2.05. The zero-order valence-electron chi connectivity index (χ0n) is 9.01. The van der Waals surface area contributed by atoms with Crippen LogP contribution in [0.5, 0.6) is 0 Å². The van der Waals surface area contributed by atoms with Gasteiger partial charge in [-0.2, -0.15) is 5.10 Å². The number of carboxylic acid groups (broad SMARTS) is 1. The molecule has 0 saturated carbocycles. The molecule has 0 aliphatic heterocycles. The van der Waals surface area contributed by atoms with Crippen LogP contribution >= 0.6 is 15.9 Å². The molecule has 17 heavy (non-hydrogen) atoms. The average Bonchev–Trinajstić information content (AvgIpc) is 2.66. The van der Waals surface area contributed by atoms with Crippen molar-refractivity contribution in [3.05, 3.63) is 52.3 Å². The maximum Gasteiger partial charge on any atom is 0.307 e. The van der Waals surface area contributed by atoms with Gasteiger partial charge in [0.2, 0.25) is 0 Å². The van der Waals surface area contributed by atoms with Crippen molar-refractivity contribution in [3.8, 4) is 0 Å². The van der Waals surface area contributed by atoms with Gasteiger partial charge in [0, 0.05) is 6.20 Å². The number of carboxylic acids is 1. The minimum Gasteiger partial charge on any atom is -0.481 e. The van der Waals surface area contributed by atoms with Crippen LogP contribution in [-0.2, 0) is 17.8 Å². The van der Waals surface area contributed by atoms with E-state index in [4.69, 9.17) is 5.11 Å². The van der Waals surface area contributed by atoms with Crippen molar-refractivity contribution in [2.24, 2.45) is 0 Å². The lowest BCUT2D eigenvalue weighted by Gasteiger charge is -2.03. The second kappa shape index (κ2) is 5.14. The van der Waals surface area contributed by atoms with Gasteiger partial charge in [0.1, 0.15) is 0 Å². The number of hydrogen-bond donors (Lipinski definition) is 1. The fraction of sp³-hybridized carbons (Fsp3) is 0.167. The summed E-state index contributed by atoms with van der Waals surface area (Å²) in [4.78, 5) is 10.5. The van der Waals surface area contributed by atoms with Gasteiger partial charge < -0.3 is 5.11 Å². The third-order valence-electron chi connectivity index (χ3n) is 2.32. The Morgan fingerprint density at radius 2 is 1.94 bits per heavy atom. The molecule has 0 saturated heterocycles. The van der Waals surface area contributed by atoms with Crippen LogP contribution in [0.3, 0.4) is 0 Å². The highest BCUT2D eigenvalue weighted by molar-refractivity contribution is 9.10. The summed E-state index contributed by atoms with van der Waals surface area (Å²) in [6.45, 7) is 0.680. The Kier molecular flexibility index (Phi) is 3.58. The molecule has 88 valence electrons. The zero-order valence-corrected chi connectivity index (χ0v) is 10.6. The molecule has 5 heteroatoms. The Hall–Kier alpha value is -1.62. The summed E-state index contributed by atoms with van der Waals surface area (Å²) in [5, 5.41) is 12.8. The Labute approximate surface area is 107 Å². The van der Waals surface area contributed by atoms with Gasteiger partial charge >= 0.3 is 5.97 Å². The first-order valence-corrected chi connectivity index (χ1v) is 5.90. The summed E-state index contributed by atoms with van der Waals surface area (Å²) in [5.74, 6) is -0.811. The molecular weight excluding hydrogens is 284 g/mol. The summed E-state index contributed by atoms with van der Waals surface area (Å²) in [7, 11) is 0. The molecule has 0 bridgehead atoms. The lowest BCUT2D eigenvalue weighted by molar-refractivity contribution is -0.136. The molecule has 0 fully saturated rings. The molecule has 2 rings (SSSR count). The van der Waals surface area contributed by atoms with Crippen LogP contribution in [0.1, 0.15) is 11.1 Å². The van der Waals surface area contributed by atoms with E-state index < -0.39 is 5.97 Å². The summed E-state index contributed by atoms with van der Waals surface area (Å²) >= 11 is 3.34. The van der Waals surface area contributed by atoms with Gasteiger partial charge in [0.25, 0.3) is 0 Å². The second-order valence-electron chi connectivity index (χ2n) is 3.74. The molecule has 0 aliphatic rings. The van der Waals surface area contributed by atoms with Gasteiger partial charge in [0.05, 0.1) is 23.6 Å². The number of halogens is 1. The van der Waals surface area contributed by atoms with Crippen molar-refractivity contribution in [1.82, 2.24) is 9.78 Å². The van der Waals surface area contributed by atoms with Crippen molar-refractivity contribution in [1.29, 1.82) is 0 Å². The molecule has 4 nitrogen and oxygen atoms in total. The molecule has 0 aliphatic carbocycles. The van der Waals surface area contributed by atoms with Crippen LogP contribution < -0.4 is 0 Å². The summed E-state index contributed by atoms with van der Waals surface area (Å²) in [6, 6.07) is 7.52. The van der Waals surface area contributed by atoms with Gasteiger partial charge in [-0.05, 0) is 27.1 Å². The molecular formula is C12H11BrN2O2. The molecule has 0 radical (unpaired) electrons. The minimum absolute atomic E-state index is 0.0631. The molecule has 0 unspecified atom stereocenters. The Morgan fingerprint density at radius 1 is 1.29 bits per heavy atom. The zero-order chi connectivity index (χ0) is 12.3. The molecule has 1 N–H and O–H groups in total. The normalized spacial score (nSPS) is 10.4. The van der Waals surface area contributed by atoms with Crippen molar-refractivity contribution in [2.45, 2.75) is 13.0 Å². The number of aliphatic carboxylic acids is 1. The maximum absolute atomic E-state index is 10.5. The molecule has 1 heterocycles. The summed E-state index contributed by atoms with van der Waals surface area (Å²) in [5.41, 5.74) is 1.90. The number of carbonyl (C=O) groups is 1. The fourth-order valence-corrected chi connectivity index (χ4v) is 1.88. The standard InChI is InChI=1S/C12H11BrN2O2/c13-11-6-14-15(8-11)7-10-3-1-9(2-4-10)5-12(16)17/h1-4,6,8H,5,7H2,(H,16,17). The lowest BCUT2D eigenvalue weighted by Crippen LogP contribution is -2.02. The van der Waals surface area contributed by atoms with Crippen molar-refractivity contribution < 1.29 is 9.90 Å². The predicted octanol–water partition coefficient (Wildman–Crippen LogP) is 2.32. The molecule has 0 spiro atoms. The van der Waals surface area contributed by atoms with Crippen LogP contribution in [0.25, 0.3) is 0 Å². The van der Waals surface area contributed by atoms with E-state index in [1.54, 1.807) is 6.20 Å². The first-order valence-electron chi connectivity index (χ1n) is 5.11. The SMILES string of the molecule is O=C(O)Cc1ccc(Cn2cc(Br)cn2)cc1. The monoisotopic (exact) mass is 294 g/mol. The second-order valence-corrected chi connectivity index (χ2v) is 4.66. The Morgan fingerprint density at radius 3 is 2.47 bits per heavy atom. The highest BCUT2D eigenvalue weighted by Crippen LogP contribution is 2.10. The number of rotatable bonds is 4. The molecule has 1 aromatic heterocycles. The first-order chi connectivity index (χ1) is 8.13. The van der Waals surface area contributed by atoms with Gasteiger partial charge in [-0.1, -0.05) is 24.3 Å². The van der Waals surface area contributed by atoms with E-state index in [-0.39, 0.29) is 6.42 Å². The topological polar surface area (TPSA) is 55.1 Å². The summed E-state index contributed by atoms with van der Waals surface area (Å²) < 4.78 is 2.76. The first kappa shape index (κ1) is 11.9. The van der Waals surface area contributed by atoms with Crippen molar-refractivity contribution >= 4 is 21.9 Å². The smallest absolute Gasteiger partial charge is 0.307 e. The van der Waals surface area contributed by atoms with E-state index in [2.05, 4.69) is 21.0 Å².